The highest BCUT2D eigenvalue weighted by molar-refractivity contribution is 5.75. The second-order valence-electron chi connectivity index (χ2n) is 3.71. The molecule has 11 heteroatoms. The molecule has 2 rings (SSSR count). The van der Waals surface area contributed by atoms with E-state index < -0.39 is 10.9 Å². The molecule has 2 aromatic rings. The molecule has 0 saturated carbocycles. The van der Waals surface area contributed by atoms with Gasteiger partial charge in [-0.2, -0.15) is 9.67 Å². The van der Waals surface area contributed by atoms with Crippen LogP contribution in [0, 0.1) is 10.1 Å². The SMILES string of the molecule is CC(=O)CCn1nc([N+](=O)[O-])nc1-c1nc(N)n[nH]1. The zero-order valence-electron chi connectivity index (χ0n) is 9.90. The van der Waals surface area contributed by atoms with Gasteiger partial charge in [0, 0.05) is 11.5 Å². The van der Waals surface area contributed by atoms with E-state index in [4.69, 9.17) is 5.73 Å². The summed E-state index contributed by atoms with van der Waals surface area (Å²) in [6.07, 6.45) is 0.178. The van der Waals surface area contributed by atoms with Crippen molar-refractivity contribution >= 4 is 17.7 Å². The summed E-state index contributed by atoms with van der Waals surface area (Å²) < 4.78 is 1.22. The minimum Gasteiger partial charge on any atom is -0.390 e. The van der Waals surface area contributed by atoms with Crippen LogP contribution in [0.2, 0.25) is 0 Å². The topological polar surface area (TPSA) is 159 Å². The normalized spacial score (nSPS) is 10.6. The summed E-state index contributed by atoms with van der Waals surface area (Å²) >= 11 is 0. The third-order valence-corrected chi connectivity index (χ3v) is 2.21. The van der Waals surface area contributed by atoms with Gasteiger partial charge in [-0.05, 0) is 16.8 Å². The third kappa shape index (κ3) is 2.70. The molecular weight excluding hydrogens is 256 g/mol. The number of nitrogens with one attached hydrogen (secondary N) is 1. The van der Waals surface area contributed by atoms with Crippen molar-refractivity contribution < 1.29 is 9.72 Å². The third-order valence-electron chi connectivity index (χ3n) is 2.21. The summed E-state index contributed by atoms with van der Waals surface area (Å²) in [5, 5.41) is 20.5. The number of anilines is 1. The lowest BCUT2D eigenvalue weighted by Gasteiger charge is -1.95. The summed E-state index contributed by atoms with van der Waals surface area (Å²) in [5.41, 5.74) is 5.36. The number of aromatic nitrogens is 6. The molecule has 0 aromatic carbocycles. The Morgan fingerprint density at radius 2 is 2.26 bits per heavy atom. The van der Waals surface area contributed by atoms with Gasteiger partial charge in [0.05, 0.1) is 6.54 Å². The number of hydrogen-bond acceptors (Lipinski definition) is 8. The molecule has 0 aliphatic rings. The number of nitrogens with two attached hydrogens (primary N) is 1. The van der Waals surface area contributed by atoms with Crippen molar-refractivity contribution in [3.8, 4) is 11.6 Å². The number of aromatic amines is 1. The largest absolute Gasteiger partial charge is 0.491 e. The molecule has 0 atom stereocenters. The first-order valence-electron chi connectivity index (χ1n) is 5.24. The van der Waals surface area contributed by atoms with Crippen molar-refractivity contribution in [2.45, 2.75) is 19.9 Å². The molecule has 0 radical (unpaired) electrons. The predicted octanol–water partition coefficient (Wildman–Crippen LogP) is -0.467. The molecule has 0 amide bonds. The van der Waals surface area contributed by atoms with Crippen molar-refractivity contribution in [3.63, 3.8) is 0 Å². The van der Waals surface area contributed by atoms with Crippen LogP contribution in [-0.2, 0) is 11.3 Å². The number of nitro groups is 1. The molecular formula is C8H10N8O3. The number of Topliss-reactive ketones (excluding diaryl/α,β-unsaturated/α-hetero) is 1. The molecule has 0 unspecified atom stereocenters. The second-order valence-corrected chi connectivity index (χ2v) is 3.71. The monoisotopic (exact) mass is 266 g/mol. The number of hydrogen-bond donors (Lipinski definition) is 2. The second kappa shape index (κ2) is 4.80. The van der Waals surface area contributed by atoms with E-state index in [0.29, 0.717) is 0 Å². The van der Waals surface area contributed by atoms with Gasteiger partial charge in [-0.1, -0.05) is 0 Å². The Hall–Kier alpha value is -2.85. The summed E-state index contributed by atoms with van der Waals surface area (Å²) in [6, 6.07) is 0. The first-order chi connectivity index (χ1) is 8.97. The Balaban J connectivity index is 2.39. The molecule has 0 saturated heterocycles. The highest BCUT2D eigenvalue weighted by Gasteiger charge is 2.25. The van der Waals surface area contributed by atoms with E-state index in [9.17, 15) is 14.9 Å². The summed E-state index contributed by atoms with van der Waals surface area (Å²) in [6.45, 7) is 1.57. The summed E-state index contributed by atoms with van der Waals surface area (Å²) in [4.78, 5) is 28.4. The maximum absolute atomic E-state index is 11.0. The molecule has 0 aliphatic heterocycles. The Bertz CT molecular complexity index is 630. The van der Waals surface area contributed by atoms with Gasteiger partial charge in [0.15, 0.2) is 0 Å². The van der Waals surface area contributed by atoms with Crippen LogP contribution in [0.25, 0.3) is 11.6 Å². The van der Waals surface area contributed by atoms with Crippen molar-refractivity contribution in [1.29, 1.82) is 0 Å². The number of rotatable bonds is 5. The Morgan fingerprint density at radius 1 is 1.53 bits per heavy atom. The van der Waals surface area contributed by atoms with E-state index >= 15 is 0 Å². The fraction of sp³-hybridized carbons (Fsp3) is 0.375. The highest BCUT2D eigenvalue weighted by atomic mass is 16.6. The van der Waals surface area contributed by atoms with Gasteiger partial charge in [-0.3, -0.25) is 9.89 Å². The highest BCUT2D eigenvalue weighted by Crippen LogP contribution is 2.16. The molecule has 0 spiro atoms. The maximum Gasteiger partial charge on any atom is 0.491 e. The zero-order valence-corrected chi connectivity index (χ0v) is 9.90. The maximum atomic E-state index is 11.0. The van der Waals surface area contributed by atoms with Gasteiger partial charge in [-0.15, -0.1) is 5.10 Å². The molecule has 0 aliphatic carbocycles. The Labute approximate surface area is 106 Å². The average Bonchev–Trinajstić information content (AvgIpc) is 2.92. The first kappa shape index (κ1) is 12.6. The standard InChI is InChI=1S/C8H10N8O3/c1-4(17)2-3-15-6(5-10-7(9)13-12-5)11-8(14-15)16(18)19/h2-3H2,1H3,(H3,9,10,12,13). The van der Waals surface area contributed by atoms with Gasteiger partial charge < -0.3 is 15.8 Å². The number of ketones is 1. The van der Waals surface area contributed by atoms with E-state index in [1.54, 1.807) is 0 Å². The van der Waals surface area contributed by atoms with Crippen LogP contribution in [-0.4, -0.2) is 40.7 Å². The number of carbonyl (C=O) groups is 1. The van der Waals surface area contributed by atoms with Gasteiger partial charge in [0.2, 0.25) is 11.8 Å². The van der Waals surface area contributed by atoms with Crippen LogP contribution in [0.5, 0.6) is 0 Å². The fourth-order valence-corrected chi connectivity index (χ4v) is 1.38. The molecule has 3 N–H and O–H groups in total. The lowest BCUT2D eigenvalue weighted by atomic mass is 10.3. The van der Waals surface area contributed by atoms with Crippen LogP contribution < -0.4 is 5.73 Å². The van der Waals surface area contributed by atoms with Crippen LogP contribution in [0.4, 0.5) is 11.9 Å². The molecule has 11 nitrogen and oxygen atoms in total. The molecule has 100 valence electrons. The number of aryl methyl sites for hydroxylation is 1. The Kier molecular flexibility index (Phi) is 3.18. The average molecular weight is 266 g/mol. The van der Waals surface area contributed by atoms with E-state index in [0.717, 1.165) is 0 Å². The number of nitrogens with zero attached hydrogens (tertiary/aromatic N) is 6. The minimum atomic E-state index is -0.729. The van der Waals surface area contributed by atoms with Crippen LogP contribution >= 0.6 is 0 Å². The van der Waals surface area contributed by atoms with E-state index in [2.05, 4.69) is 25.3 Å². The lowest BCUT2D eigenvalue weighted by molar-refractivity contribution is -0.394. The molecule has 2 aromatic heterocycles. The van der Waals surface area contributed by atoms with Gasteiger partial charge in [-0.25, -0.2) is 0 Å². The summed E-state index contributed by atoms with van der Waals surface area (Å²) in [7, 11) is 0. The van der Waals surface area contributed by atoms with E-state index in [-0.39, 0.29) is 36.3 Å². The van der Waals surface area contributed by atoms with Crippen LogP contribution in [0.15, 0.2) is 0 Å². The lowest BCUT2D eigenvalue weighted by Crippen LogP contribution is -2.07. The summed E-state index contributed by atoms with van der Waals surface area (Å²) in [5.74, 6) is -0.396. The van der Waals surface area contributed by atoms with Crippen LogP contribution in [0.3, 0.4) is 0 Å². The quantitative estimate of drug-likeness (QED) is 0.542. The Morgan fingerprint density at radius 3 is 2.79 bits per heavy atom. The van der Waals surface area contributed by atoms with E-state index in [1.807, 2.05) is 0 Å². The number of nitrogen functional groups attached to an aromatic ring is 1. The van der Waals surface area contributed by atoms with Gasteiger partial charge >= 0.3 is 5.95 Å². The number of H-pyrrole nitrogens is 1. The van der Waals surface area contributed by atoms with Gasteiger partial charge in [0.25, 0.3) is 5.82 Å². The first-order valence-corrected chi connectivity index (χ1v) is 5.24. The molecule has 19 heavy (non-hydrogen) atoms. The molecule has 0 bridgehead atoms. The van der Waals surface area contributed by atoms with Gasteiger partial charge in [0.1, 0.15) is 5.78 Å². The van der Waals surface area contributed by atoms with Crippen molar-refractivity contribution in [2.75, 3.05) is 5.73 Å². The van der Waals surface area contributed by atoms with Crippen molar-refractivity contribution in [3.05, 3.63) is 10.1 Å². The fourth-order valence-electron chi connectivity index (χ4n) is 1.38. The van der Waals surface area contributed by atoms with Crippen molar-refractivity contribution in [2.24, 2.45) is 0 Å². The smallest absolute Gasteiger partial charge is 0.390 e. The molecule has 2 heterocycles. The number of carbonyl (C=O) groups excluding carboxylic acids is 1. The van der Waals surface area contributed by atoms with Crippen LogP contribution in [0.1, 0.15) is 13.3 Å². The van der Waals surface area contributed by atoms with Crippen molar-refractivity contribution in [1.82, 2.24) is 29.9 Å². The predicted molar refractivity (Wildman–Crippen MR) is 61.8 cm³/mol. The zero-order chi connectivity index (χ0) is 14.0. The van der Waals surface area contributed by atoms with E-state index in [1.165, 1.54) is 11.6 Å². The minimum absolute atomic E-state index is 0.0150. The molecule has 0 fully saturated rings.